The molecule has 0 saturated carbocycles. The summed E-state index contributed by atoms with van der Waals surface area (Å²) in [5.74, 6) is -3.68. The number of H-pyrrole nitrogens is 1. The fourth-order valence-corrected chi connectivity index (χ4v) is 1.95. The molecule has 0 aliphatic carbocycles. The van der Waals surface area contributed by atoms with Gasteiger partial charge in [0.1, 0.15) is 5.69 Å². The molecule has 1 heterocycles. The molecule has 7 heteroatoms. The number of carboxylic acid groups (broad SMARTS) is 2. The average Bonchev–Trinajstić information content (AvgIpc) is 3.08. The van der Waals surface area contributed by atoms with E-state index in [9.17, 15) is 4.79 Å². The topological polar surface area (TPSA) is 120 Å². The van der Waals surface area contributed by atoms with E-state index in [0.717, 1.165) is 10.8 Å². The van der Waals surface area contributed by atoms with Gasteiger partial charge < -0.3 is 15.2 Å². The Morgan fingerprint density at radius 1 is 0.913 bits per heavy atom. The highest BCUT2D eigenvalue weighted by Crippen LogP contribution is 2.20. The van der Waals surface area contributed by atoms with Crippen molar-refractivity contribution in [1.82, 2.24) is 9.97 Å². The molecule has 1 aromatic heterocycles. The number of carbonyl (C=O) groups excluding carboxylic acids is 1. The van der Waals surface area contributed by atoms with Crippen LogP contribution in [-0.4, -0.2) is 37.9 Å². The Hall–Kier alpha value is -3.48. The SMILES string of the molecule is O=C(O)C(=O)O.O=C(c1cnc[nH]1)c1cccc2ccccc12. The number of fused-ring (bicyclic) bond motifs is 1. The van der Waals surface area contributed by atoms with Crippen LogP contribution in [0.15, 0.2) is 55.0 Å². The first-order chi connectivity index (χ1) is 11.0. The molecule has 0 saturated heterocycles. The van der Waals surface area contributed by atoms with Gasteiger partial charge in [0.25, 0.3) is 0 Å². The first-order valence-electron chi connectivity index (χ1n) is 6.47. The van der Waals surface area contributed by atoms with Crippen LogP contribution >= 0.6 is 0 Å². The van der Waals surface area contributed by atoms with Crippen LogP contribution in [-0.2, 0) is 9.59 Å². The van der Waals surface area contributed by atoms with E-state index in [0.29, 0.717) is 11.3 Å². The van der Waals surface area contributed by atoms with Gasteiger partial charge in [-0.1, -0.05) is 42.5 Å². The molecule has 2 aromatic carbocycles. The number of hydrogen-bond donors (Lipinski definition) is 3. The molecule has 0 unspecified atom stereocenters. The number of hydrogen-bond acceptors (Lipinski definition) is 4. The summed E-state index contributed by atoms with van der Waals surface area (Å²) in [6.45, 7) is 0. The quantitative estimate of drug-likeness (QED) is 0.491. The van der Waals surface area contributed by atoms with Gasteiger partial charge >= 0.3 is 11.9 Å². The third kappa shape index (κ3) is 3.79. The van der Waals surface area contributed by atoms with E-state index >= 15 is 0 Å². The summed E-state index contributed by atoms with van der Waals surface area (Å²) in [7, 11) is 0. The number of benzene rings is 2. The zero-order chi connectivity index (χ0) is 16.8. The van der Waals surface area contributed by atoms with Crippen LogP contribution in [0.3, 0.4) is 0 Å². The van der Waals surface area contributed by atoms with Crippen molar-refractivity contribution in [1.29, 1.82) is 0 Å². The largest absolute Gasteiger partial charge is 0.473 e. The maximum Gasteiger partial charge on any atom is 0.414 e. The van der Waals surface area contributed by atoms with Crippen LogP contribution in [0.1, 0.15) is 16.1 Å². The molecule has 116 valence electrons. The minimum Gasteiger partial charge on any atom is -0.473 e. The number of aromatic nitrogens is 2. The zero-order valence-corrected chi connectivity index (χ0v) is 11.8. The summed E-state index contributed by atoms with van der Waals surface area (Å²) in [6, 6.07) is 13.6. The number of ketones is 1. The van der Waals surface area contributed by atoms with Gasteiger partial charge in [0.2, 0.25) is 5.78 Å². The predicted octanol–water partition coefficient (Wildman–Crippen LogP) is 1.95. The molecule has 3 rings (SSSR count). The van der Waals surface area contributed by atoms with Gasteiger partial charge in [-0.3, -0.25) is 4.79 Å². The monoisotopic (exact) mass is 312 g/mol. The molecular weight excluding hydrogens is 300 g/mol. The number of carbonyl (C=O) groups is 3. The summed E-state index contributed by atoms with van der Waals surface area (Å²) < 4.78 is 0. The van der Waals surface area contributed by atoms with Crippen molar-refractivity contribution in [3.8, 4) is 0 Å². The summed E-state index contributed by atoms with van der Waals surface area (Å²) in [6.07, 6.45) is 3.06. The minimum atomic E-state index is -1.82. The molecule has 0 fully saturated rings. The fraction of sp³-hybridized carbons (Fsp3) is 0. The Kier molecular flexibility index (Phi) is 4.83. The second kappa shape index (κ2) is 6.99. The van der Waals surface area contributed by atoms with Crippen molar-refractivity contribution in [2.24, 2.45) is 0 Å². The van der Waals surface area contributed by atoms with Gasteiger partial charge in [0.05, 0.1) is 12.5 Å². The van der Waals surface area contributed by atoms with E-state index in [-0.39, 0.29) is 5.78 Å². The second-order valence-electron chi connectivity index (χ2n) is 4.43. The van der Waals surface area contributed by atoms with Crippen molar-refractivity contribution in [3.05, 3.63) is 66.2 Å². The molecule has 0 aliphatic heterocycles. The lowest BCUT2D eigenvalue weighted by molar-refractivity contribution is -0.159. The third-order valence-corrected chi connectivity index (χ3v) is 2.96. The number of aliphatic carboxylic acids is 2. The Bertz CT molecular complexity index is 839. The number of nitrogens with zero attached hydrogens (tertiary/aromatic N) is 1. The summed E-state index contributed by atoms with van der Waals surface area (Å²) in [4.78, 5) is 37.2. The molecular formula is C16H12N2O5. The van der Waals surface area contributed by atoms with Crippen LogP contribution in [0.25, 0.3) is 10.8 Å². The maximum absolute atomic E-state index is 12.3. The molecule has 3 aromatic rings. The Morgan fingerprint density at radius 3 is 2.17 bits per heavy atom. The fourth-order valence-electron chi connectivity index (χ4n) is 1.95. The van der Waals surface area contributed by atoms with Gasteiger partial charge in [-0.15, -0.1) is 0 Å². The third-order valence-electron chi connectivity index (χ3n) is 2.96. The van der Waals surface area contributed by atoms with Crippen molar-refractivity contribution in [2.75, 3.05) is 0 Å². The zero-order valence-electron chi connectivity index (χ0n) is 11.8. The summed E-state index contributed by atoms with van der Waals surface area (Å²) in [5.41, 5.74) is 1.22. The molecule has 0 spiro atoms. The standard InChI is InChI=1S/C14H10N2O.C2H2O4/c17-14(13-8-15-9-16-13)12-7-3-5-10-4-1-2-6-11(10)12;3-1(4)2(5)6/h1-9H,(H,15,16);(H,3,4)(H,5,6). The molecule has 7 nitrogen and oxygen atoms in total. The van der Waals surface area contributed by atoms with E-state index in [2.05, 4.69) is 9.97 Å². The lowest BCUT2D eigenvalue weighted by Crippen LogP contribution is -2.09. The Labute approximate surface area is 130 Å². The summed E-state index contributed by atoms with van der Waals surface area (Å²) >= 11 is 0. The number of aromatic amines is 1. The number of rotatable bonds is 2. The normalized spacial score (nSPS) is 9.74. The number of nitrogens with one attached hydrogen (secondary N) is 1. The van der Waals surface area contributed by atoms with Crippen LogP contribution in [0.4, 0.5) is 0 Å². The van der Waals surface area contributed by atoms with E-state index in [1.165, 1.54) is 6.33 Å². The van der Waals surface area contributed by atoms with E-state index in [1.54, 1.807) is 6.20 Å². The van der Waals surface area contributed by atoms with Crippen LogP contribution in [0.2, 0.25) is 0 Å². The van der Waals surface area contributed by atoms with Gasteiger partial charge in [0.15, 0.2) is 0 Å². The van der Waals surface area contributed by atoms with Crippen molar-refractivity contribution >= 4 is 28.5 Å². The highest BCUT2D eigenvalue weighted by atomic mass is 16.4. The Morgan fingerprint density at radius 2 is 1.57 bits per heavy atom. The minimum absolute atomic E-state index is 0.0284. The van der Waals surface area contributed by atoms with Gasteiger partial charge in [0, 0.05) is 5.56 Å². The van der Waals surface area contributed by atoms with E-state index < -0.39 is 11.9 Å². The average molecular weight is 312 g/mol. The highest BCUT2D eigenvalue weighted by Gasteiger charge is 2.12. The van der Waals surface area contributed by atoms with E-state index in [4.69, 9.17) is 19.8 Å². The highest BCUT2D eigenvalue weighted by molar-refractivity contribution is 6.27. The molecule has 23 heavy (non-hydrogen) atoms. The lowest BCUT2D eigenvalue weighted by Gasteiger charge is -2.03. The van der Waals surface area contributed by atoms with E-state index in [1.807, 2.05) is 42.5 Å². The number of carboxylic acids is 2. The van der Waals surface area contributed by atoms with Gasteiger partial charge in [-0.2, -0.15) is 0 Å². The molecule has 0 bridgehead atoms. The first-order valence-corrected chi connectivity index (χ1v) is 6.47. The van der Waals surface area contributed by atoms with Crippen molar-refractivity contribution in [2.45, 2.75) is 0 Å². The number of imidazole rings is 1. The maximum atomic E-state index is 12.3. The van der Waals surface area contributed by atoms with Crippen molar-refractivity contribution < 1.29 is 24.6 Å². The predicted molar refractivity (Wildman–Crippen MR) is 81.2 cm³/mol. The molecule has 0 aliphatic rings. The first kappa shape index (κ1) is 15.9. The second-order valence-corrected chi connectivity index (χ2v) is 4.43. The van der Waals surface area contributed by atoms with Gasteiger partial charge in [-0.25, -0.2) is 14.6 Å². The Balaban J connectivity index is 0.000000277. The van der Waals surface area contributed by atoms with Crippen LogP contribution in [0, 0.1) is 0 Å². The van der Waals surface area contributed by atoms with Crippen molar-refractivity contribution in [3.63, 3.8) is 0 Å². The van der Waals surface area contributed by atoms with Crippen LogP contribution in [0.5, 0.6) is 0 Å². The summed E-state index contributed by atoms with van der Waals surface area (Å²) in [5, 5.41) is 16.8. The van der Waals surface area contributed by atoms with Crippen LogP contribution < -0.4 is 0 Å². The molecule has 0 atom stereocenters. The molecule has 0 radical (unpaired) electrons. The lowest BCUT2D eigenvalue weighted by atomic mass is 10.0. The van der Waals surface area contributed by atoms with Gasteiger partial charge in [-0.05, 0) is 10.8 Å². The smallest absolute Gasteiger partial charge is 0.414 e. The molecule has 0 amide bonds. The molecule has 3 N–H and O–H groups in total.